The van der Waals surface area contributed by atoms with Crippen LogP contribution in [-0.4, -0.2) is 28.8 Å². The summed E-state index contributed by atoms with van der Waals surface area (Å²) in [6, 6.07) is 6.71. The molecule has 0 aromatic heterocycles. The van der Waals surface area contributed by atoms with Gasteiger partial charge in [0.25, 0.3) is 0 Å². The SMILES string of the molecule is O=Cc1c2c(c3ccccc3c1O)C(=O)OC(O)C2. The summed E-state index contributed by atoms with van der Waals surface area (Å²) in [4.78, 5) is 23.1. The number of phenols is 1. The molecule has 0 spiro atoms. The van der Waals surface area contributed by atoms with E-state index in [2.05, 4.69) is 0 Å². The summed E-state index contributed by atoms with van der Waals surface area (Å²) in [5.41, 5.74) is 0.597. The number of hydrogen-bond donors (Lipinski definition) is 2. The van der Waals surface area contributed by atoms with Crippen LogP contribution in [0.3, 0.4) is 0 Å². The number of benzene rings is 2. The van der Waals surface area contributed by atoms with Crippen molar-refractivity contribution in [3.05, 3.63) is 41.0 Å². The Bertz CT molecular complexity index is 705. The Morgan fingerprint density at radius 1 is 1.26 bits per heavy atom. The first kappa shape index (κ1) is 11.7. The zero-order valence-corrected chi connectivity index (χ0v) is 9.79. The van der Waals surface area contributed by atoms with Crippen molar-refractivity contribution < 1.29 is 24.5 Å². The molecule has 1 aliphatic rings. The number of aliphatic hydroxyl groups is 1. The van der Waals surface area contributed by atoms with Crippen LogP contribution in [0.5, 0.6) is 5.75 Å². The van der Waals surface area contributed by atoms with E-state index in [9.17, 15) is 19.8 Å². The zero-order valence-electron chi connectivity index (χ0n) is 9.79. The van der Waals surface area contributed by atoms with E-state index >= 15 is 0 Å². The molecule has 0 saturated carbocycles. The van der Waals surface area contributed by atoms with Gasteiger partial charge in [0, 0.05) is 17.2 Å². The first-order chi connectivity index (χ1) is 9.13. The maximum Gasteiger partial charge on any atom is 0.341 e. The van der Waals surface area contributed by atoms with E-state index < -0.39 is 12.3 Å². The topological polar surface area (TPSA) is 83.8 Å². The summed E-state index contributed by atoms with van der Waals surface area (Å²) >= 11 is 0. The minimum absolute atomic E-state index is 0.00641. The molecule has 0 aliphatic carbocycles. The molecule has 1 unspecified atom stereocenters. The number of ether oxygens (including phenoxy) is 1. The number of phenolic OH excluding ortho intramolecular Hbond substituents is 1. The summed E-state index contributed by atoms with van der Waals surface area (Å²) in [7, 11) is 0. The second-order valence-electron chi connectivity index (χ2n) is 4.34. The van der Waals surface area contributed by atoms with E-state index in [0.29, 0.717) is 22.6 Å². The third-order valence-corrected chi connectivity index (χ3v) is 3.28. The first-order valence-electron chi connectivity index (χ1n) is 5.74. The lowest BCUT2D eigenvalue weighted by Crippen LogP contribution is -2.28. The molecule has 0 amide bonds. The van der Waals surface area contributed by atoms with Gasteiger partial charge in [-0.15, -0.1) is 0 Å². The highest BCUT2D eigenvalue weighted by Crippen LogP contribution is 2.37. The van der Waals surface area contributed by atoms with Crippen molar-refractivity contribution in [1.82, 2.24) is 0 Å². The summed E-state index contributed by atoms with van der Waals surface area (Å²) in [5.74, 6) is -0.862. The molecular formula is C14H10O5. The molecule has 1 aliphatic heterocycles. The highest BCUT2D eigenvalue weighted by Gasteiger charge is 2.31. The number of carbonyl (C=O) groups is 2. The molecule has 19 heavy (non-hydrogen) atoms. The predicted octanol–water partition coefficient (Wildman–Crippen LogP) is 1.39. The predicted molar refractivity (Wildman–Crippen MR) is 66.1 cm³/mol. The van der Waals surface area contributed by atoms with Crippen molar-refractivity contribution in [2.75, 3.05) is 0 Å². The quantitative estimate of drug-likeness (QED) is 0.596. The van der Waals surface area contributed by atoms with Crippen LogP contribution in [-0.2, 0) is 11.2 Å². The monoisotopic (exact) mass is 258 g/mol. The van der Waals surface area contributed by atoms with Crippen molar-refractivity contribution in [3.63, 3.8) is 0 Å². The van der Waals surface area contributed by atoms with E-state index in [1.165, 1.54) is 0 Å². The lowest BCUT2D eigenvalue weighted by Gasteiger charge is -2.24. The van der Waals surface area contributed by atoms with Gasteiger partial charge in [0.1, 0.15) is 5.75 Å². The van der Waals surface area contributed by atoms with Crippen molar-refractivity contribution >= 4 is 23.0 Å². The van der Waals surface area contributed by atoms with Gasteiger partial charge in [-0.05, 0) is 5.56 Å². The number of cyclic esters (lactones) is 1. The van der Waals surface area contributed by atoms with E-state index in [-0.39, 0.29) is 23.3 Å². The molecule has 2 N–H and O–H groups in total. The number of carbonyl (C=O) groups excluding carboxylic acids is 2. The lowest BCUT2D eigenvalue weighted by molar-refractivity contribution is -0.0685. The van der Waals surface area contributed by atoms with Crippen LogP contribution in [0.1, 0.15) is 26.3 Å². The smallest absolute Gasteiger partial charge is 0.341 e. The van der Waals surface area contributed by atoms with Crippen molar-refractivity contribution in [2.45, 2.75) is 12.7 Å². The molecule has 1 atom stereocenters. The average Bonchev–Trinajstić information content (AvgIpc) is 2.38. The summed E-state index contributed by atoms with van der Waals surface area (Å²) < 4.78 is 4.78. The van der Waals surface area contributed by atoms with Gasteiger partial charge >= 0.3 is 5.97 Å². The molecule has 0 radical (unpaired) electrons. The fraction of sp³-hybridized carbons (Fsp3) is 0.143. The number of aldehydes is 1. The molecule has 0 saturated heterocycles. The Labute approximate surface area is 108 Å². The van der Waals surface area contributed by atoms with E-state index in [1.54, 1.807) is 24.3 Å². The molecule has 0 fully saturated rings. The van der Waals surface area contributed by atoms with Gasteiger partial charge in [0.2, 0.25) is 6.29 Å². The second-order valence-corrected chi connectivity index (χ2v) is 4.34. The van der Waals surface area contributed by atoms with E-state index in [1.807, 2.05) is 0 Å². The lowest BCUT2D eigenvalue weighted by atomic mass is 9.90. The molecule has 2 aromatic rings. The molecular weight excluding hydrogens is 248 g/mol. The summed E-state index contributed by atoms with van der Waals surface area (Å²) in [6.07, 6.45) is -0.807. The molecule has 1 heterocycles. The zero-order chi connectivity index (χ0) is 13.6. The van der Waals surface area contributed by atoms with Crippen LogP contribution in [0.25, 0.3) is 10.8 Å². The second kappa shape index (κ2) is 4.07. The highest BCUT2D eigenvalue weighted by atomic mass is 16.6. The van der Waals surface area contributed by atoms with Gasteiger partial charge in [-0.2, -0.15) is 0 Å². The third-order valence-electron chi connectivity index (χ3n) is 3.28. The fourth-order valence-electron chi connectivity index (χ4n) is 2.46. The van der Waals surface area contributed by atoms with E-state index in [4.69, 9.17) is 4.74 Å². The standard InChI is InChI=1S/C14H10O5/c15-6-10-9-5-11(16)19-14(18)12(9)7-3-1-2-4-8(7)13(10)17/h1-4,6,11,16-17H,5H2. The number of aliphatic hydroxyl groups excluding tert-OH is 1. The van der Waals surface area contributed by atoms with Gasteiger partial charge in [-0.25, -0.2) is 4.79 Å². The Balaban J connectivity index is 2.49. The Morgan fingerprint density at radius 2 is 1.95 bits per heavy atom. The molecule has 2 aromatic carbocycles. The van der Waals surface area contributed by atoms with Crippen molar-refractivity contribution in [2.24, 2.45) is 0 Å². The van der Waals surface area contributed by atoms with Crippen LogP contribution in [0, 0.1) is 0 Å². The number of fused-ring (bicyclic) bond motifs is 3. The largest absolute Gasteiger partial charge is 0.507 e. The molecule has 96 valence electrons. The molecule has 5 nitrogen and oxygen atoms in total. The Kier molecular flexibility index (Phi) is 2.50. The van der Waals surface area contributed by atoms with Gasteiger partial charge < -0.3 is 14.9 Å². The van der Waals surface area contributed by atoms with Gasteiger partial charge in [0.15, 0.2) is 6.29 Å². The van der Waals surface area contributed by atoms with Gasteiger partial charge in [-0.1, -0.05) is 24.3 Å². The minimum atomic E-state index is -1.29. The first-order valence-corrected chi connectivity index (χ1v) is 5.74. The van der Waals surface area contributed by atoms with Crippen LogP contribution < -0.4 is 0 Å². The number of rotatable bonds is 1. The molecule has 0 bridgehead atoms. The van der Waals surface area contributed by atoms with Crippen LogP contribution in [0.4, 0.5) is 0 Å². The highest BCUT2D eigenvalue weighted by molar-refractivity contribution is 6.11. The van der Waals surface area contributed by atoms with Crippen LogP contribution >= 0.6 is 0 Å². The number of aromatic hydroxyl groups is 1. The third kappa shape index (κ3) is 1.59. The Morgan fingerprint density at radius 3 is 2.63 bits per heavy atom. The maximum atomic E-state index is 11.9. The minimum Gasteiger partial charge on any atom is -0.507 e. The average molecular weight is 258 g/mol. The van der Waals surface area contributed by atoms with Crippen molar-refractivity contribution in [1.29, 1.82) is 0 Å². The number of esters is 1. The fourth-order valence-corrected chi connectivity index (χ4v) is 2.46. The van der Waals surface area contributed by atoms with E-state index in [0.717, 1.165) is 0 Å². The molecule has 5 heteroatoms. The normalized spacial score (nSPS) is 17.9. The van der Waals surface area contributed by atoms with Gasteiger partial charge in [0.05, 0.1) is 11.1 Å². The Hall–Kier alpha value is -2.40. The summed E-state index contributed by atoms with van der Waals surface area (Å²) in [6.45, 7) is 0. The maximum absolute atomic E-state index is 11.9. The van der Waals surface area contributed by atoms with Crippen LogP contribution in [0.15, 0.2) is 24.3 Å². The van der Waals surface area contributed by atoms with Crippen LogP contribution in [0.2, 0.25) is 0 Å². The number of hydrogen-bond acceptors (Lipinski definition) is 5. The summed E-state index contributed by atoms with van der Waals surface area (Å²) in [5, 5.41) is 20.5. The van der Waals surface area contributed by atoms with Crippen molar-refractivity contribution in [3.8, 4) is 5.75 Å². The van der Waals surface area contributed by atoms with Gasteiger partial charge in [-0.3, -0.25) is 4.79 Å². The molecule has 3 rings (SSSR count).